The summed E-state index contributed by atoms with van der Waals surface area (Å²) in [6, 6.07) is 9.52. The van der Waals surface area contributed by atoms with Crippen molar-refractivity contribution in [1.82, 2.24) is 10.3 Å². The Kier molecular flexibility index (Phi) is 5.72. The second-order valence-electron chi connectivity index (χ2n) is 7.35. The molecule has 160 valence electrons. The van der Waals surface area contributed by atoms with Gasteiger partial charge in [0.25, 0.3) is 10.0 Å². The van der Waals surface area contributed by atoms with E-state index >= 15 is 0 Å². The van der Waals surface area contributed by atoms with Crippen molar-refractivity contribution in [3.8, 4) is 16.4 Å². The number of thiophene rings is 1. The number of nitrogens with zero attached hydrogens (tertiary/aromatic N) is 2. The molecule has 2 aromatic heterocycles. The van der Waals surface area contributed by atoms with Crippen LogP contribution in [-0.4, -0.2) is 45.7 Å². The Labute approximate surface area is 179 Å². The fourth-order valence-electron chi connectivity index (χ4n) is 3.64. The second kappa shape index (κ2) is 8.29. The number of oxazole rings is 1. The normalized spacial score (nSPS) is 19.6. The lowest BCUT2D eigenvalue weighted by atomic mass is 10.1. The smallest absolute Gasteiger partial charge is 0.271 e. The monoisotopic (exact) mass is 448 g/mol. The van der Waals surface area contributed by atoms with Crippen molar-refractivity contribution >= 4 is 32.7 Å². The van der Waals surface area contributed by atoms with Crippen molar-refractivity contribution in [2.24, 2.45) is 0 Å². The van der Waals surface area contributed by atoms with Crippen LogP contribution in [0, 0.1) is 0 Å². The molecule has 3 aromatic rings. The predicted molar refractivity (Wildman–Crippen MR) is 118 cm³/mol. The Morgan fingerprint density at radius 3 is 2.67 bits per heavy atom. The Balaban J connectivity index is 1.61. The molecule has 0 amide bonds. The molecular weight excluding hydrogens is 424 g/mol. The lowest BCUT2D eigenvalue weighted by molar-refractivity contribution is 0.406. The second-order valence-corrected chi connectivity index (χ2v) is 10.3. The van der Waals surface area contributed by atoms with Gasteiger partial charge in [-0.05, 0) is 44.2 Å². The molecule has 0 spiro atoms. The van der Waals surface area contributed by atoms with Gasteiger partial charge in [-0.3, -0.25) is 4.72 Å². The van der Waals surface area contributed by atoms with Crippen LogP contribution < -0.4 is 19.7 Å². The molecule has 3 heterocycles. The van der Waals surface area contributed by atoms with E-state index in [0.29, 0.717) is 34.2 Å². The highest BCUT2D eigenvalue weighted by atomic mass is 32.2. The molecule has 30 heavy (non-hydrogen) atoms. The fraction of sp³-hybridized carbons (Fsp3) is 0.350. The van der Waals surface area contributed by atoms with Gasteiger partial charge < -0.3 is 19.4 Å². The summed E-state index contributed by atoms with van der Waals surface area (Å²) in [5.41, 5.74) is 1.35. The largest absolute Gasteiger partial charge is 0.495 e. The van der Waals surface area contributed by atoms with E-state index in [0.717, 1.165) is 30.1 Å². The number of piperazine rings is 1. The fourth-order valence-corrected chi connectivity index (χ4v) is 5.96. The third kappa shape index (κ3) is 4.30. The van der Waals surface area contributed by atoms with E-state index in [1.807, 2.05) is 12.1 Å². The summed E-state index contributed by atoms with van der Waals surface area (Å²) >= 11 is 1.12. The molecule has 1 fully saturated rings. The third-order valence-corrected chi connectivity index (χ3v) is 7.83. The molecule has 10 heteroatoms. The van der Waals surface area contributed by atoms with Crippen LogP contribution >= 0.6 is 11.3 Å². The van der Waals surface area contributed by atoms with E-state index in [4.69, 9.17) is 9.15 Å². The topological polar surface area (TPSA) is 96.7 Å². The number of anilines is 2. The van der Waals surface area contributed by atoms with Crippen LogP contribution in [0.25, 0.3) is 10.6 Å². The molecule has 2 atom stereocenters. The number of rotatable bonds is 6. The predicted octanol–water partition coefficient (Wildman–Crippen LogP) is 3.40. The van der Waals surface area contributed by atoms with Gasteiger partial charge in [-0.2, -0.15) is 0 Å². The number of benzene rings is 1. The summed E-state index contributed by atoms with van der Waals surface area (Å²) in [6.45, 7) is 5.96. The summed E-state index contributed by atoms with van der Waals surface area (Å²) in [4.78, 5) is 6.81. The average Bonchev–Trinajstić information content (AvgIpc) is 3.39. The SMILES string of the molecule is COc1ccc(N2CC(C)NC(C)C2)cc1NS(=O)(=O)c1ccc(-c2cnco2)s1. The highest BCUT2D eigenvalue weighted by molar-refractivity contribution is 7.94. The summed E-state index contributed by atoms with van der Waals surface area (Å²) in [5.74, 6) is 0.994. The minimum atomic E-state index is -3.79. The van der Waals surface area contributed by atoms with Gasteiger partial charge in [-0.1, -0.05) is 0 Å². The highest BCUT2D eigenvalue weighted by Crippen LogP contribution is 2.35. The molecule has 1 saturated heterocycles. The molecule has 0 aliphatic carbocycles. The standard InChI is InChI=1S/C20H24N4O4S2/c1-13-10-24(11-14(2)22-13)15-4-5-17(27-3)16(8-15)23-30(25,26)20-7-6-19(29-20)18-9-21-12-28-18/h4-9,12-14,22-23H,10-11H2,1-3H3. The molecule has 4 rings (SSSR count). The van der Waals surface area contributed by atoms with Crippen molar-refractivity contribution in [3.63, 3.8) is 0 Å². The number of nitrogens with one attached hydrogen (secondary N) is 2. The van der Waals surface area contributed by atoms with Crippen molar-refractivity contribution in [2.45, 2.75) is 30.1 Å². The molecular formula is C20H24N4O4S2. The van der Waals surface area contributed by atoms with Crippen LogP contribution in [0.15, 0.2) is 51.5 Å². The molecule has 0 bridgehead atoms. The maximum atomic E-state index is 13.0. The maximum absolute atomic E-state index is 13.0. The van der Waals surface area contributed by atoms with Crippen LogP contribution in [0.1, 0.15) is 13.8 Å². The highest BCUT2D eigenvalue weighted by Gasteiger charge is 2.24. The molecule has 1 aliphatic rings. The van der Waals surface area contributed by atoms with Crippen LogP contribution in [-0.2, 0) is 10.0 Å². The first-order valence-corrected chi connectivity index (χ1v) is 11.9. The van der Waals surface area contributed by atoms with Gasteiger partial charge in [-0.15, -0.1) is 11.3 Å². The summed E-state index contributed by atoms with van der Waals surface area (Å²) < 4.78 is 39.6. The van der Waals surface area contributed by atoms with Gasteiger partial charge in [0.2, 0.25) is 0 Å². The van der Waals surface area contributed by atoms with Gasteiger partial charge >= 0.3 is 0 Å². The Bertz CT molecular complexity index is 1100. The molecule has 2 N–H and O–H groups in total. The zero-order valence-electron chi connectivity index (χ0n) is 17.0. The number of methoxy groups -OCH3 is 1. The van der Waals surface area contributed by atoms with Crippen LogP contribution in [0.5, 0.6) is 5.75 Å². The average molecular weight is 449 g/mol. The van der Waals surface area contributed by atoms with E-state index in [9.17, 15) is 8.42 Å². The lowest BCUT2D eigenvalue weighted by Gasteiger charge is -2.38. The number of sulfonamides is 1. The summed E-state index contributed by atoms with van der Waals surface area (Å²) in [5, 5.41) is 3.50. The lowest BCUT2D eigenvalue weighted by Crippen LogP contribution is -2.54. The van der Waals surface area contributed by atoms with Crippen molar-refractivity contribution < 1.29 is 17.6 Å². The van der Waals surface area contributed by atoms with Crippen LogP contribution in [0.2, 0.25) is 0 Å². The van der Waals surface area contributed by atoms with Crippen molar-refractivity contribution in [2.75, 3.05) is 29.8 Å². The Morgan fingerprint density at radius 1 is 1.23 bits per heavy atom. The molecule has 1 aliphatic heterocycles. The number of aromatic nitrogens is 1. The molecule has 0 saturated carbocycles. The van der Waals surface area contributed by atoms with E-state index < -0.39 is 10.0 Å². The van der Waals surface area contributed by atoms with E-state index in [2.05, 4.69) is 33.8 Å². The van der Waals surface area contributed by atoms with Gasteiger partial charge in [0.05, 0.1) is 23.9 Å². The minimum absolute atomic E-state index is 0.186. The minimum Gasteiger partial charge on any atom is -0.495 e. The zero-order chi connectivity index (χ0) is 21.3. The van der Waals surface area contributed by atoms with Gasteiger partial charge in [0.1, 0.15) is 9.96 Å². The van der Waals surface area contributed by atoms with Gasteiger partial charge in [-0.25, -0.2) is 13.4 Å². The summed E-state index contributed by atoms with van der Waals surface area (Å²) in [6.07, 6.45) is 2.87. The molecule has 0 radical (unpaired) electrons. The first kappa shape index (κ1) is 20.7. The molecule has 1 aromatic carbocycles. The first-order chi connectivity index (χ1) is 14.4. The number of ether oxygens (including phenoxy) is 1. The third-order valence-electron chi connectivity index (χ3n) is 4.87. The van der Waals surface area contributed by atoms with Crippen LogP contribution in [0.3, 0.4) is 0 Å². The zero-order valence-corrected chi connectivity index (χ0v) is 18.6. The first-order valence-electron chi connectivity index (χ1n) is 9.56. The number of hydrogen-bond acceptors (Lipinski definition) is 8. The van der Waals surface area contributed by atoms with Gasteiger partial charge in [0, 0.05) is 30.9 Å². The molecule has 8 nitrogen and oxygen atoms in total. The number of hydrogen-bond donors (Lipinski definition) is 2. The van der Waals surface area contributed by atoms with Crippen molar-refractivity contribution in [1.29, 1.82) is 0 Å². The van der Waals surface area contributed by atoms with E-state index in [-0.39, 0.29) is 4.21 Å². The van der Waals surface area contributed by atoms with E-state index in [1.54, 1.807) is 24.4 Å². The van der Waals surface area contributed by atoms with Gasteiger partial charge in [0.15, 0.2) is 12.2 Å². The van der Waals surface area contributed by atoms with Crippen molar-refractivity contribution in [3.05, 3.63) is 42.9 Å². The Hall–Kier alpha value is -2.56. The maximum Gasteiger partial charge on any atom is 0.271 e. The molecule has 2 unspecified atom stereocenters. The Morgan fingerprint density at radius 2 is 2.00 bits per heavy atom. The quantitative estimate of drug-likeness (QED) is 0.597. The van der Waals surface area contributed by atoms with Crippen LogP contribution in [0.4, 0.5) is 11.4 Å². The summed E-state index contributed by atoms with van der Waals surface area (Å²) in [7, 11) is -2.27. The van der Waals surface area contributed by atoms with E-state index in [1.165, 1.54) is 13.5 Å².